The zero-order valence-electron chi connectivity index (χ0n) is 10.9. The van der Waals surface area contributed by atoms with Gasteiger partial charge in [-0.25, -0.2) is 4.98 Å². The molecule has 0 aliphatic rings. The van der Waals surface area contributed by atoms with Crippen molar-refractivity contribution in [1.29, 1.82) is 0 Å². The van der Waals surface area contributed by atoms with Crippen LogP contribution in [0.15, 0.2) is 28.7 Å². The number of hydrogen-bond acceptors (Lipinski definition) is 2. The number of aryl methyl sites for hydroxylation is 2. The van der Waals surface area contributed by atoms with E-state index < -0.39 is 0 Å². The predicted octanol–water partition coefficient (Wildman–Crippen LogP) is 5.12. The second-order valence-electron chi connectivity index (χ2n) is 4.64. The molecule has 0 amide bonds. The molecular weight excluding hydrogens is 358 g/mol. The van der Waals surface area contributed by atoms with Gasteiger partial charge in [0.2, 0.25) is 0 Å². The maximum Gasteiger partial charge on any atom is 0.184 e. The predicted molar refractivity (Wildman–Crippen MR) is 88.4 cm³/mol. The molecule has 0 spiro atoms. The van der Waals surface area contributed by atoms with Crippen LogP contribution in [0.25, 0.3) is 16.9 Å². The Morgan fingerprint density at radius 1 is 1.30 bits per heavy atom. The normalized spacial score (nSPS) is 11.2. The largest absolute Gasteiger partial charge is 0.329 e. The van der Waals surface area contributed by atoms with Gasteiger partial charge in [0.15, 0.2) is 10.4 Å². The average Bonchev–Trinajstić information content (AvgIpc) is 2.69. The number of benzene rings is 1. The van der Waals surface area contributed by atoms with Gasteiger partial charge in [0.25, 0.3) is 0 Å². The number of H-pyrrole nitrogens is 1. The van der Waals surface area contributed by atoms with Crippen molar-refractivity contribution in [3.8, 4) is 5.69 Å². The summed E-state index contributed by atoms with van der Waals surface area (Å²) in [5.41, 5.74) is 4.54. The van der Waals surface area contributed by atoms with Crippen molar-refractivity contribution in [2.75, 3.05) is 0 Å². The fourth-order valence-corrected chi connectivity index (χ4v) is 3.20. The Balaban J connectivity index is 2.40. The van der Waals surface area contributed by atoms with E-state index in [4.69, 9.17) is 23.8 Å². The molecule has 3 rings (SSSR count). The quantitative estimate of drug-likeness (QED) is 0.605. The third kappa shape index (κ3) is 2.20. The van der Waals surface area contributed by atoms with Crippen molar-refractivity contribution in [3.63, 3.8) is 0 Å². The molecule has 0 aliphatic carbocycles. The van der Waals surface area contributed by atoms with E-state index >= 15 is 0 Å². The fraction of sp³-hybridized carbons (Fsp3) is 0.143. The summed E-state index contributed by atoms with van der Waals surface area (Å²) in [6.07, 6.45) is 0. The van der Waals surface area contributed by atoms with E-state index in [0.29, 0.717) is 9.79 Å². The molecule has 1 N–H and O–H groups in total. The van der Waals surface area contributed by atoms with Crippen LogP contribution in [-0.4, -0.2) is 14.5 Å². The molecule has 0 unspecified atom stereocenters. The molecule has 0 radical (unpaired) electrons. The lowest BCUT2D eigenvalue weighted by Gasteiger charge is -2.09. The molecule has 0 bridgehead atoms. The number of nitrogens with zero attached hydrogens (tertiary/aromatic N) is 2. The summed E-state index contributed by atoms with van der Waals surface area (Å²) in [7, 11) is 0. The minimum atomic E-state index is 0.596. The monoisotopic (exact) mass is 367 g/mol. The number of hydrogen-bond donors (Lipinski definition) is 1. The lowest BCUT2D eigenvalue weighted by molar-refractivity contribution is 1.03. The first-order valence-electron chi connectivity index (χ1n) is 6.02. The number of fused-ring (bicyclic) bond motifs is 1. The maximum absolute atomic E-state index is 6.24. The molecule has 0 aliphatic heterocycles. The van der Waals surface area contributed by atoms with Gasteiger partial charge in [-0.3, -0.25) is 4.57 Å². The number of aromatic nitrogens is 3. The van der Waals surface area contributed by atoms with Crippen LogP contribution in [0.4, 0.5) is 0 Å². The Labute approximate surface area is 134 Å². The first kappa shape index (κ1) is 13.8. The van der Waals surface area contributed by atoms with Gasteiger partial charge in [0, 0.05) is 15.2 Å². The standard InChI is InChI=1S/C14H11BrClN3S/c1-7-5-9(15)12(6-10(7)16)19-13-11(18-14(19)20)4-3-8(2)17-13/h3-6H,1-2H3,(H,18,20). The molecule has 0 saturated heterocycles. The molecule has 20 heavy (non-hydrogen) atoms. The third-order valence-electron chi connectivity index (χ3n) is 3.14. The number of rotatable bonds is 1. The maximum atomic E-state index is 6.24. The minimum absolute atomic E-state index is 0.596. The first-order valence-corrected chi connectivity index (χ1v) is 7.59. The van der Waals surface area contributed by atoms with Gasteiger partial charge >= 0.3 is 0 Å². The topological polar surface area (TPSA) is 33.6 Å². The lowest BCUT2D eigenvalue weighted by atomic mass is 10.2. The van der Waals surface area contributed by atoms with Gasteiger partial charge in [-0.15, -0.1) is 0 Å². The number of nitrogens with one attached hydrogen (secondary N) is 1. The summed E-state index contributed by atoms with van der Waals surface area (Å²) in [5.74, 6) is 0. The van der Waals surface area contributed by atoms with Crippen LogP contribution in [-0.2, 0) is 0 Å². The molecule has 3 aromatic rings. The highest BCUT2D eigenvalue weighted by atomic mass is 79.9. The van der Waals surface area contributed by atoms with E-state index in [9.17, 15) is 0 Å². The number of imidazole rings is 1. The molecule has 0 saturated carbocycles. The van der Waals surface area contributed by atoms with Crippen LogP contribution in [0.2, 0.25) is 5.02 Å². The summed E-state index contributed by atoms with van der Waals surface area (Å²) in [6, 6.07) is 7.81. The first-order chi connectivity index (χ1) is 9.47. The summed E-state index contributed by atoms with van der Waals surface area (Å²) < 4.78 is 3.42. The van der Waals surface area contributed by atoms with Gasteiger partial charge < -0.3 is 4.98 Å². The number of halogens is 2. The smallest absolute Gasteiger partial charge is 0.184 e. The summed E-state index contributed by atoms with van der Waals surface area (Å²) in [6.45, 7) is 3.92. The second kappa shape index (κ2) is 4.98. The Kier molecular flexibility index (Phi) is 3.44. The Hall–Kier alpha value is -1.17. The molecule has 3 nitrogen and oxygen atoms in total. The van der Waals surface area contributed by atoms with Gasteiger partial charge in [0.05, 0.1) is 11.2 Å². The van der Waals surface area contributed by atoms with E-state index in [-0.39, 0.29) is 0 Å². The van der Waals surface area contributed by atoms with Gasteiger partial charge in [-0.1, -0.05) is 11.6 Å². The Bertz CT molecular complexity index is 882. The van der Waals surface area contributed by atoms with E-state index in [1.54, 1.807) is 0 Å². The average molecular weight is 369 g/mol. The molecule has 6 heteroatoms. The Morgan fingerprint density at radius 3 is 2.80 bits per heavy atom. The van der Waals surface area contributed by atoms with Crippen LogP contribution in [0.5, 0.6) is 0 Å². The van der Waals surface area contributed by atoms with Crippen LogP contribution in [0.1, 0.15) is 11.3 Å². The molecular formula is C14H11BrClN3S. The zero-order valence-corrected chi connectivity index (χ0v) is 14.0. The van der Waals surface area contributed by atoms with E-state index in [1.807, 2.05) is 42.7 Å². The van der Waals surface area contributed by atoms with Crippen LogP contribution >= 0.6 is 39.7 Å². The van der Waals surface area contributed by atoms with E-state index in [1.165, 1.54) is 0 Å². The summed E-state index contributed by atoms with van der Waals surface area (Å²) >= 11 is 15.2. The minimum Gasteiger partial charge on any atom is -0.329 e. The highest BCUT2D eigenvalue weighted by Gasteiger charge is 2.12. The second-order valence-corrected chi connectivity index (χ2v) is 6.29. The molecule has 1 aromatic carbocycles. The molecule has 0 atom stereocenters. The lowest BCUT2D eigenvalue weighted by Crippen LogP contribution is -1.98. The van der Waals surface area contributed by atoms with Crippen molar-refractivity contribution >= 4 is 50.9 Å². The number of pyridine rings is 1. The summed E-state index contributed by atoms with van der Waals surface area (Å²) in [4.78, 5) is 7.73. The van der Waals surface area contributed by atoms with Crippen molar-refractivity contribution in [2.24, 2.45) is 0 Å². The molecule has 2 aromatic heterocycles. The highest BCUT2D eigenvalue weighted by molar-refractivity contribution is 9.10. The zero-order chi connectivity index (χ0) is 14.4. The van der Waals surface area contributed by atoms with Gasteiger partial charge in [0.1, 0.15) is 0 Å². The summed E-state index contributed by atoms with van der Waals surface area (Å²) in [5, 5.41) is 0.701. The fourth-order valence-electron chi connectivity index (χ4n) is 2.11. The number of aromatic amines is 1. The van der Waals surface area contributed by atoms with Crippen molar-refractivity contribution in [3.05, 3.63) is 49.8 Å². The van der Waals surface area contributed by atoms with Crippen molar-refractivity contribution in [2.45, 2.75) is 13.8 Å². The molecule has 102 valence electrons. The van der Waals surface area contributed by atoms with Crippen molar-refractivity contribution in [1.82, 2.24) is 14.5 Å². The SMILES string of the molecule is Cc1ccc2[nH]c(=S)n(-c3cc(Cl)c(C)cc3Br)c2n1. The highest BCUT2D eigenvalue weighted by Crippen LogP contribution is 2.30. The van der Waals surface area contributed by atoms with Crippen molar-refractivity contribution < 1.29 is 0 Å². The van der Waals surface area contributed by atoms with E-state index in [2.05, 4.69) is 25.9 Å². The van der Waals surface area contributed by atoms with E-state index in [0.717, 1.165) is 32.6 Å². The molecule has 2 heterocycles. The van der Waals surface area contributed by atoms with Crippen LogP contribution in [0.3, 0.4) is 0 Å². The van der Waals surface area contributed by atoms with Gasteiger partial charge in [-0.2, -0.15) is 0 Å². The van der Waals surface area contributed by atoms with Crippen LogP contribution in [0, 0.1) is 18.6 Å². The Morgan fingerprint density at radius 2 is 2.05 bits per heavy atom. The third-order valence-corrected chi connectivity index (χ3v) is 4.47. The van der Waals surface area contributed by atoms with Crippen LogP contribution < -0.4 is 0 Å². The van der Waals surface area contributed by atoms with Gasteiger partial charge in [-0.05, 0) is 71.8 Å². The molecule has 0 fully saturated rings.